The van der Waals surface area contributed by atoms with Crippen LogP contribution >= 0.6 is 0 Å². The predicted molar refractivity (Wildman–Crippen MR) is 63.1 cm³/mol. The minimum absolute atomic E-state index is 0.0279. The lowest BCUT2D eigenvalue weighted by atomic mass is 9.75. The van der Waals surface area contributed by atoms with E-state index in [4.69, 9.17) is 5.11 Å². The van der Waals surface area contributed by atoms with Crippen molar-refractivity contribution in [3.05, 3.63) is 35.4 Å². The molecular weight excluding hydrogens is 222 g/mol. The van der Waals surface area contributed by atoms with Gasteiger partial charge in [-0.3, -0.25) is 0 Å². The van der Waals surface area contributed by atoms with E-state index in [1.165, 1.54) is 0 Å². The summed E-state index contributed by atoms with van der Waals surface area (Å²) in [5.74, 6) is -0.562. The first-order valence-electron chi connectivity index (χ1n) is 6.20. The number of halogens is 2. The normalized spacial score (nSPS) is 25.2. The Bertz CT molecular complexity index is 365. The fraction of sp³-hybridized carbons (Fsp3) is 0.571. The second-order valence-corrected chi connectivity index (χ2v) is 4.79. The van der Waals surface area contributed by atoms with Gasteiger partial charge in [0.1, 0.15) is 0 Å². The molecule has 0 spiro atoms. The van der Waals surface area contributed by atoms with Crippen LogP contribution in [-0.2, 0) is 6.61 Å². The molecule has 0 bridgehead atoms. The zero-order valence-electron chi connectivity index (χ0n) is 9.78. The molecule has 3 heteroatoms. The van der Waals surface area contributed by atoms with E-state index in [2.05, 4.69) is 0 Å². The summed E-state index contributed by atoms with van der Waals surface area (Å²) in [6.07, 6.45) is 1.15. The first kappa shape index (κ1) is 12.5. The Balaban J connectivity index is 2.22. The summed E-state index contributed by atoms with van der Waals surface area (Å²) in [6.45, 7) is -0.0279. The van der Waals surface area contributed by atoms with Gasteiger partial charge in [-0.2, -0.15) is 0 Å². The van der Waals surface area contributed by atoms with Crippen molar-refractivity contribution in [3.63, 3.8) is 0 Å². The first-order valence-corrected chi connectivity index (χ1v) is 6.20. The molecule has 1 nitrogen and oxygen atoms in total. The van der Waals surface area contributed by atoms with Crippen molar-refractivity contribution in [1.82, 2.24) is 0 Å². The average Bonchev–Trinajstić information content (AvgIpc) is 2.39. The van der Waals surface area contributed by atoms with Gasteiger partial charge in [-0.05, 0) is 29.9 Å². The minimum atomic E-state index is -2.24. The van der Waals surface area contributed by atoms with Crippen molar-refractivity contribution in [3.8, 4) is 0 Å². The van der Waals surface area contributed by atoms with Gasteiger partial charge in [0.15, 0.2) is 0 Å². The summed E-state index contributed by atoms with van der Waals surface area (Å²) >= 11 is 0. The molecule has 0 amide bonds. The molecule has 94 valence electrons. The van der Waals surface area contributed by atoms with E-state index in [0.717, 1.165) is 30.4 Å². The van der Waals surface area contributed by atoms with Gasteiger partial charge in [0.2, 0.25) is 6.43 Å². The van der Waals surface area contributed by atoms with Gasteiger partial charge >= 0.3 is 0 Å². The predicted octanol–water partition coefficient (Wildman–Crippen LogP) is 3.72. The topological polar surface area (TPSA) is 20.2 Å². The molecule has 2 unspecified atom stereocenters. The largest absolute Gasteiger partial charge is 0.392 e. The van der Waals surface area contributed by atoms with Gasteiger partial charge in [0.25, 0.3) is 0 Å². The Hall–Kier alpha value is -0.960. The molecule has 1 aromatic rings. The summed E-state index contributed by atoms with van der Waals surface area (Å²) in [5, 5.41) is 9.09. The third kappa shape index (κ3) is 2.83. The van der Waals surface area contributed by atoms with Crippen molar-refractivity contribution in [1.29, 1.82) is 0 Å². The number of aliphatic hydroxyl groups is 1. The maximum Gasteiger partial charge on any atom is 0.242 e. The van der Waals surface area contributed by atoms with Gasteiger partial charge in [0.05, 0.1) is 6.61 Å². The van der Waals surface area contributed by atoms with Crippen LogP contribution in [0.2, 0.25) is 0 Å². The number of alkyl halides is 2. The second-order valence-electron chi connectivity index (χ2n) is 4.79. The lowest BCUT2D eigenvalue weighted by Crippen LogP contribution is -2.24. The number of hydrogen-bond donors (Lipinski definition) is 1. The van der Waals surface area contributed by atoms with Crippen LogP contribution in [-0.4, -0.2) is 11.5 Å². The molecule has 1 aliphatic carbocycles. The molecule has 0 saturated heterocycles. The third-order valence-corrected chi connectivity index (χ3v) is 3.70. The third-order valence-electron chi connectivity index (χ3n) is 3.70. The Morgan fingerprint density at radius 1 is 1.24 bits per heavy atom. The molecule has 1 saturated carbocycles. The monoisotopic (exact) mass is 240 g/mol. The van der Waals surface area contributed by atoms with Gasteiger partial charge in [-0.15, -0.1) is 0 Å². The summed E-state index contributed by atoms with van der Waals surface area (Å²) < 4.78 is 26.0. The van der Waals surface area contributed by atoms with Crippen LogP contribution in [0.25, 0.3) is 0 Å². The van der Waals surface area contributed by atoms with Crippen LogP contribution < -0.4 is 0 Å². The standard InChI is InChI=1S/C14H18F2O/c15-14(16)13-7-2-1-6-12(13)11-5-3-4-10(8-11)9-17/h3-5,8,12-14,17H,1-2,6-7,9H2. The first-order chi connectivity index (χ1) is 8.22. The van der Waals surface area contributed by atoms with Crippen molar-refractivity contribution in [2.75, 3.05) is 0 Å². The number of rotatable bonds is 3. The fourth-order valence-corrected chi connectivity index (χ4v) is 2.80. The Labute approximate surface area is 100 Å². The summed E-state index contributed by atoms with van der Waals surface area (Å²) in [5.41, 5.74) is 1.77. The minimum Gasteiger partial charge on any atom is -0.392 e. The maximum absolute atomic E-state index is 13.0. The van der Waals surface area contributed by atoms with Crippen molar-refractivity contribution >= 4 is 0 Å². The fourth-order valence-electron chi connectivity index (χ4n) is 2.80. The molecule has 0 radical (unpaired) electrons. The Morgan fingerprint density at radius 2 is 2.00 bits per heavy atom. The zero-order chi connectivity index (χ0) is 12.3. The smallest absolute Gasteiger partial charge is 0.242 e. The molecule has 1 aromatic carbocycles. The van der Waals surface area contributed by atoms with Crippen molar-refractivity contribution in [2.45, 2.75) is 44.6 Å². The molecule has 2 atom stereocenters. The lowest BCUT2D eigenvalue weighted by Gasteiger charge is -2.31. The van der Waals surface area contributed by atoms with Crippen molar-refractivity contribution in [2.24, 2.45) is 5.92 Å². The van der Waals surface area contributed by atoms with E-state index in [1.54, 1.807) is 0 Å². The lowest BCUT2D eigenvalue weighted by molar-refractivity contribution is 0.0430. The molecule has 0 heterocycles. The molecule has 1 fully saturated rings. The molecule has 2 rings (SSSR count). The summed E-state index contributed by atoms with van der Waals surface area (Å²) in [7, 11) is 0. The van der Waals surface area contributed by atoms with Gasteiger partial charge in [-0.1, -0.05) is 37.1 Å². The molecule has 0 aromatic heterocycles. The van der Waals surface area contributed by atoms with Crippen molar-refractivity contribution < 1.29 is 13.9 Å². The summed E-state index contributed by atoms with van der Waals surface area (Å²) in [4.78, 5) is 0. The Morgan fingerprint density at radius 3 is 2.71 bits per heavy atom. The molecule has 1 aliphatic rings. The van der Waals surface area contributed by atoms with E-state index in [0.29, 0.717) is 6.42 Å². The molecular formula is C14H18F2O. The average molecular weight is 240 g/mol. The van der Waals surface area contributed by atoms with Crippen LogP contribution in [0.5, 0.6) is 0 Å². The van der Waals surface area contributed by atoms with E-state index >= 15 is 0 Å². The SMILES string of the molecule is OCc1cccc(C2CCCCC2C(F)F)c1. The maximum atomic E-state index is 13.0. The summed E-state index contributed by atoms with van der Waals surface area (Å²) in [6, 6.07) is 7.44. The van der Waals surface area contributed by atoms with Crippen LogP contribution in [0, 0.1) is 5.92 Å². The van der Waals surface area contributed by atoms with E-state index in [1.807, 2.05) is 24.3 Å². The Kier molecular flexibility index (Phi) is 4.11. The van der Waals surface area contributed by atoms with Crippen LogP contribution in [0.1, 0.15) is 42.7 Å². The quantitative estimate of drug-likeness (QED) is 0.853. The van der Waals surface area contributed by atoms with Crippen LogP contribution in [0.15, 0.2) is 24.3 Å². The second kappa shape index (κ2) is 5.58. The van der Waals surface area contributed by atoms with E-state index in [9.17, 15) is 8.78 Å². The highest BCUT2D eigenvalue weighted by molar-refractivity contribution is 5.27. The highest BCUT2D eigenvalue weighted by atomic mass is 19.3. The van der Waals surface area contributed by atoms with Gasteiger partial charge in [0, 0.05) is 5.92 Å². The molecule has 1 N–H and O–H groups in total. The highest BCUT2D eigenvalue weighted by Crippen LogP contribution is 2.41. The number of hydrogen-bond acceptors (Lipinski definition) is 1. The molecule has 17 heavy (non-hydrogen) atoms. The van der Waals surface area contributed by atoms with Gasteiger partial charge < -0.3 is 5.11 Å². The van der Waals surface area contributed by atoms with Crippen LogP contribution in [0.3, 0.4) is 0 Å². The van der Waals surface area contributed by atoms with Gasteiger partial charge in [-0.25, -0.2) is 8.78 Å². The molecule has 0 aliphatic heterocycles. The highest BCUT2D eigenvalue weighted by Gasteiger charge is 2.32. The number of aliphatic hydroxyl groups excluding tert-OH is 1. The van der Waals surface area contributed by atoms with E-state index < -0.39 is 12.3 Å². The number of benzene rings is 1. The van der Waals surface area contributed by atoms with E-state index in [-0.39, 0.29) is 12.5 Å². The zero-order valence-corrected chi connectivity index (χ0v) is 9.78. The van der Waals surface area contributed by atoms with Crippen LogP contribution in [0.4, 0.5) is 8.78 Å².